The summed E-state index contributed by atoms with van der Waals surface area (Å²) in [6, 6.07) is 10.2. The van der Waals surface area contributed by atoms with Crippen molar-refractivity contribution in [3.63, 3.8) is 0 Å². The second kappa shape index (κ2) is 4.75. The smallest absolute Gasteiger partial charge is 0.0982 e. The summed E-state index contributed by atoms with van der Waals surface area (Å²) >= 11 is 0. The van der Waals surface area contributed by atoms with E-state index in [2.05, 4.69) is 17.4 Å². The van der Waals surface area contributed by atoms with E-state index in [0.29, 0.717) is 13.2 Å². The Bertz CT molecular complexity index is 288. The summed E-state index contributed by atoms with van der Waals surface area (Å²) in [6.45, 7) is 1.67. The molecule has 1 atom stereocenters. The van der Waals surface area contributed by atoms with Crippen LogP contribution in [0.25, 0.3) is 0 Å². The largest absolute Gasteiger partial charge is 0.396 e. The van der Waals surface area contributed by atoms with Crippen molar-refractivity contribution in [3.05, 3.63) is 35.9 Å². The van der Waals surface area contributed by atoms with Gasteiger partial charge in [0.2, 0.25) is 0 Å². The van der Waals surface area contributed by atoms with Crippen LogP contribution < -0.4 is 5.32 Å². The van der Waals surface area contributed by atoms with Crippen molar-refractivity contribution in [2.24, 2.45) is 0 Å². The van der Waals surface area contributed by atoms with Crippen molar-refractivity contribution in [1.29, 1.82) is 0 Å². The Morgan fingerprint density at radius 1 is 1.33 bits per heavy atom. The Kier molecular flexibility index (Phi) is 3.36. The maximum absolute atomic E-state index is 9.14. The van der Waals surface area contributed by atoms with Gasteiger partial charge in [0, 0.05) is 19.6 Å². The van der Waals surface area contributed by atoms with Gasteiger partial charge in [-0.15, -0.1) is 0 Å². The first-order chi connectivity index (χ1) is 7.37. The van der Waals surface area contributed by atoms with Gasteiger partial charge in [-0.1, -0.05) is 30.3 Å². The van der Waals surface area contributed by atoms with Crippen molar-refractivity contribution >= 4 is 0 Å². The molecular weight excluding hydrogens is 190 g/mol. The van der Waals surface area contributed by atoms with E-state index in [-0.39, 0.29) is 12.2 Å². The van der Waals surface area contributed by atoms with Crippen molar-refractivity contribution < 1.29 is 9.84 Å². The number of rotatable bonds is 3. The van der Waals surface area contributed by atoms with E-state index in [4.69, 9.17) is 9.84 Å². The summed E-state index contributed by atoms with van der Waals surface area (Å²) in [4.78, 5) is 0. The van der Waals surface area contributed by atoms with Gasteiger partial charge in [-0.05, 0) is 12.0 Å². The lowest BCUT2D eigenvalue weighted by Gasteiger charge is -2.37. The number of ether oxygens (including phenoxy) is 1. The zero-order chi connectivity index (χ0) is 10.6. The number of aliphatic hydroxyl groups is 1. The van der Waals surface area contributed by atoms with E-state index < -0.39 is 0 Å². The molecule has 15 heavy (non-hydrogen) atoms. The molecule has 1 aliphatic heterocycles. The van der Waals surface area contributed by atoms with Crippen molar-refractivity contribution in [3.8, 4) is 0 Å². The summed E-state index contributed by atoms with van der Waals surface area (Å²) in [6.07, 6.45) is 1.58. The highest BCUT2D eigenvalue weighted by molar-refractivity contribution is 5.23. The maximum Gasteiger partial charge on any atom is 0.0982 e. The Labute approximate surface area is 90.1 Å². The number of nitrogens with one attached hydrogen (secondary N) is 1. The molecule has 1 aliphatic rings. The molecule has 1 saturated heterocycles. The van der Waals surface area contributed by atoms with Crippen LogP contribution in [0.3, 0.4) is 0 Å². The minimum atomic E-state index is -0.290. The highest BCUT2D eigenvalue weighted by Crippen LogP contribution is 2.34. The molecule has 0 amide bonds. The summed E-state index contributed by atoms with van der Waals surface area (Å²) in [5.41, 5.74) is 0.877. The monoisotopic (exact) mass is 207 g/mol. The zero-order valence-corrected chi connectivity index (χ0v) is 8.78. The van der Waals surface area contributed by atoms with Gasteiger partial charge in [0.1, 0.15) is 0 Å². The number of aliphatic hydroxyl groups excluding tert-OH is 1. The highest BCUT2D eigenvalue weighted by atomic mass is 16.5. The Balaban J connectivity index is 2.25. The number of benzene rings is 1. The molecule has 0 aliphatic carbocycles. The van der Waals surface area contributed by atoms with Crippen LogP contribution in [0.5, 0.6) is 0 Å². The lowest BCUT2D eigenvalue weighted by atomic mass is 9.86. The van der Waals surface area contributed by atoms with Crippen LogP contribution in [0.4, 0.5) is 0 Å². The average Bonchev–Trinajstić information content (AvgIpc) is 2.32. The second-order valence-corrected chi connectivity index (χ2v) is 3.87. The molecule has 1 heterocycles. The van der Waals surface area contributed by atoms with Crippen LogP contribution in [0, 0.1) is 0 Å². The molecular formula is C12H17NO2. The molecule has 2 N–H and O–H groups in total. The van der Waals surface area contributed by atoms with E-state index in [9.17, 15) is 0 Å². The molecule has 1 fully saturated rings. The Morgan fingerprint density at radius 2 is 2.13 bits per heavy atom. The van der Waals surface area contributed by atoms with Crippen molar-refractivity contribution in [2.45, 2.75) is 18.4 Å². The lowest BCUT2D eigenvalue weighted by Crippen LogP contribution is -2.42. The van der Waals surface area contributed by atoms with Gasteiger partial charge in [0.05, 0.1) is 12.3 Å². The molecule has 0 radical (unpaired) electrons. The van der Waals surface area contributed by atoms with Gasteiger partial charge in [0.15, 0.2) is 0 Å². The number of hydrogen-bond acceptors (Lipinski definition) is 3. The summed E-state index contributed by atoms with van der Waals surface area (Å²) < 4.78 is 5.82. The lowest BCUT2D eigenvalue weighted by molar-refractivity contribution is -0.101. The van der Waals surface area contributed by atoms with E-state index in [1.165, 1.54) is 5.56 Å². The van der Waals surface area contributed by atoms with E-state index in [0.717, 1.165) is 13.0 Å². The Morgan fingerprint density at radius 3 is 2.73 bits per heavy atom. The van der Waals surface area contributed by atoms with E-state index in [1.54, 1.807) is 0 Å². The zero-order valence-electron chi connectivity index (χ0n) is 8.78. The normalized spacial score (nSPS) is 26.5. The fourth-order valence-corrected chi connectivity index (χ4v) is 2.12. The molecule has 0 bridgehead atoms. The molecule has 3 nitrogen and oxygen atoms in total. The molecule has 0 saturated carbocycles. The van der Waals surface area contributed by atoms with E-state index >= 15 is 0 Å². The molecule has 1 aromatic rings. The second-order valence-electron chi connectivity index (χ2n) is 3.87. The summed E-state index contributed by atoms with van der Waals surface area (Å²) in [7, 11) is 0. The topological polar surface area (TPSA) is 41.5 Å². The SMILES string of the molecule is OCCC1(c2ccccc2)CCNCO1. The van der Waals surface area contributed by atoms with Crippen LogP contribution in [0.2, 0.25) is 0 Å². The molecule has 2 rings (SSSR count). The van der Waals surface area contributed by atoms with Crippen LogP contribution >= 0.6 is 0 Å². The predicted molar refractivity (Wildman–Crippen MR) is 58.4 cm³/mol. The molecule has 1 aromatic carbocycles. The van der Waals surface area contributed by atoms with Crippen molar-refractivity contribution in [1.82, 2.24) is 5.32 Å². The van der Waals surface area contributed by atoms with Gasteiger partial charge in [0.25, 0.3) is 0 Å². The van der Waals surface area contributed by atoms with Crippen LogP contribution in [0.15, 0.2) is 30.3 Å². The number of hydrogen-bond donors (Lipinski definition) is 2. The third-order valence-corrected chi connectivity index (χ3v) is 2.97. The minimum Gasteiger partial charge on any atom is -0.396 e. The van der Waals surface area contributed by atoms with Gasteiger partial charge in [-0.2, -0.15) is 0 Å². The first-order valence-electron chi connectivity index (χ1n) is 5.38. The van der Waals surface area contributed by atoms with Crippen LogP contribution in [-0.2, 0) is 10.3 Å². The minimum absolute atomic E-state index is 0.162. The quantitative estimate of drug-likeness (QED) is 0.783. The van der Waals surface area contributed by atoms with Gasteiger partial charge >= 0.3 is 0 Å². The third-order valence-electron chi connectivity index (χ3n) is 2.97. The molecule has 0 spiro atoms. The third kappa shape index (κ3) is 2.20. The fraction of sp³-hybridized carbons (Fsp3) is 0.500. The standard InChI is InChI=1S/C12H17NO2/c14-9-7-12(6-8-13-10-15-12)11-4-2-1-3-5-11/h1-5,13-14H,6-10H2. The fourth-order valence-electron chi connectivity index (χ4n) is 2.12. The first kappa shape index (κ1) is 10.6. The van der Waals surface area contributed by atoms with Gasteiger partial charge < -0.3 is 9.84 Å². The summed E-state index contributed by atoms with van der Waals surface area (Å²) in [5, 5.41) is 12.3. The van der Waals surface area contributed by atoms with E-state index in [1.807, 2.05) is 18.2 Å². The Hall–Kier alpha value is -0.900. The maximum atomic E-state index is 9.14. The average molecular weight is 207 g/mol. The van der Waals surface area contributed by atoms with Gasteiger partial charge in [-0.25, -0.2) is 0 Å². The van der Waals surface area contributed by atoms with Crippen LogP contribution in [0.1, 0.15) is 18.4 Å². The molecule has 3 heteroatoms. The highest BCUT2D eigenvalue weighted by Gasteiger charge is 2.34. The van der Waals surface area contributed by atoms with Crippen molar-refractivity contribution in [2.75, 3.05) is 19.9 Å². The summed E-state index contributed by atoms with van der Waals surface area (Å²) in [5.74, 6) is 0. The molecule has 82 valence electrons. The van der Waals surface area contributed by atoms with Gasteiger partial charge in [-0.3, -0.25) is 5.32 Å². The van der Waals surface area contributed by atoms with Crippen LogP contribution in [-0.4, -0.2) is 25.0 Å². The molecule has 1 unspecified atom stereocenters. The molecule has 0 aromatic heterocycles. The first-order valence-corrected chi connectivity index (χ1v) is 5.38. The predicted octanol–water partition coefficient (Wildman–Crippen LogP) is 1.23.